The molecule has 1 unspecified atom stereocenters. The van der Waals surface area contributed by atoms with Crippen LogP contribution in [0, 0.1) is 11.8 Å². The quantitative estimate of drug-likeness (QED) is 0.552. The maximum atomic E-state index is 12.8. The third-order valence-corrected chi connectivity index (χ3v) is 5.51. The van der Waals surface area contributed by atoms with Crippen molar-refractivity contribution in [3.8, 4) is 0 Å². The van der Waals surface area contributed by atoms with Gasteiger partial charge in [0.2, 0.25) is 5.91 Å². The number of rotatable bonds is 3. The summed E-state index contributed by atoms with van der Waals surface area (Å²) in [6, 6.07) is 10.0. The Morgan fingerprint density at radius 1 is 1.17 bits per heavy atom. The number of aromatic nitrogens is 3. The lowest BCUT2D eigenvalue weighted by Crippen LogP contribution is -2.56. The fourth-order valence-corrected chi connectivity index (χ4v) is 3.94. The first-order chi connectivity index (χ1) is 11.7. The number of halogens is 1. The number of β-lactam (4-membered cyclic amide) rings is 1. The van der Waals surface area contributed by atoms with Gasteiger partial charge in [-0.3, -0.25) is 4.79 Å². The minimum absolute atomic E-state index is 0.0750. The number of H-pyrrole nitrogens is 1. The third-order valence-electron chi connectivity index (χ3n) is 5.04. The molecule has 1 saturated carbocycles. The van der Waals surface area contributed by atoms with Crippen molar-refractivity contribution in [1.29, 1.82) is 0 Å². The van der Waals surface area contributed by atoms with Crippen LogP contribution < -0.4 is 4.90 Å². The van der Waals surface area contributed by atoms with E-state index in [1.165, 1.54) is 0 Å². The topological polar surface area (TPSA) is 61.9 Å². The minimum atomic E-state index is 0.0750. The molecule has 5 rings (SSSR count). The second-order valence-corrected chi connectivity index (χ2v) is 7.35. The highest BCUT2D eigenvalue weighted by molar-refractivity contribution is 9.10. The van der Waals surface area contributed by atoms with Gasteiger partial charge in [0, 0.05) is 11.9 Å². The van der Waals surface area contributed by atoms with E-state index in [0.29, 0.717) is 5.92 Å². The van der Waals surface area contributed by atoms with Crippen molar-refractivity contribution >= 4 is 38.6 Å². The number of benzene rings is 1. The van der Waals surface area contributed by atoms with Crippen molar-refractivity contribution in [2.45, 2.75) is 18.9 Å². The molecule has 1 aromatic carbocycles. The third kappa shape index (κ3) is 2.09. The molecule has 1 N–H and O–H groups in total. The maximum absolute atomic E-state index is 12.8. The summed E-state index contributed by atoms with van der Waals surface area (Å²) in [4.78, 5) is 26.5. The summed E-state index contributed by atoms with van der Waals surface area (Å²) in [6.45, 7) is 0. The van der Waals surface area contributed by atoms with Gasteiger partial charge in [-0.15, -0.1) is 0 Å². The van der Waals surface area contributed by atoms with Gasteiger partial charge in [0.05, 0.1) is 29.3 Å². The second-order valence-electron chi connectivity index (χ2n) is 6.53. The summed E-state index contributed by atoms with van der Waals surface area (Å²) < 4.78 is 0.810. The monoisotopic (exact) mass is 382 g/mol. The van der Waals surface area contributed by atoms with Gasteiger partial charge in [-0.25, -0.2) is 9.97 Å². The van der Waals surface area contributed by atoms with E-state index >= 15 is 0 Å². The number of carbonyl (C=O) groups is 1. The Bertz CT molecular complexity index is 932. The van der Waals surface area contributed by atoms with Crippen molar-refractivity contribution in [3.63, 3.8) is 0 Å². The molecule has 120 valence electrons. The first-order valence-corrected chi connectivity index (χ1v) is 8.89. The van der Waals surface area contributed by atoms with Crippen molar-refractivity contribution < 1.29 is 4.79 Å². The number of amides is 1. The molecule has 24 heavy (non-hydrogen) atoms. The molecule has 3 aromatic rings. The lowest BCUT2D eigenvalue weighted by atomic mass is 9.79. The van der Waals surface area contributed by atoms with Crippen LogP contribution in [0.5, 0.6) is 0 Å². The number of hydrogen-bond acceptors (Lipinski definition) is 3. The van der Waals surface area contributed by atoms with E-state index in [0.717, 1.165) is 39.7 Å². The molecule has 5 nitrogen and oxygen atoms in total. The van der Waals surface area contributed by atoms with Gasteiger partial charge in [-0.2, -0.15) is 0 Å². The molecule has 2 aromatic heterocycles. The van der Waals surface area contributed by atoms with E-state index in [9.17, 15) is 4.79 Å². The average molecular weight is 383 g/mol. The molecule has 0 radical (unpaired) electrons. The van der Waals surface area contributed by atoms with Crippen molar-refractivity contribution in [2.75, 3.05) is 4.90 Å². The first-order valence-electron chi connectivity index (χ1n) is 8.10. The lowest BCUT2D eigenvalue weighted by molar-refractivity contribution is -0.131. The summed E-state index contributed by atoms with van der Waals surface area (Å²) >= 11 is 3.38. The SMILES string of the molecule is O=C1C(C2CC2)[C@H](c2ccc(Br)nc2)N1c1ccc2nc[nH]c2c1. The van der Waals surface area contributed by atoms with Gasteiger partial charge in [0.25, 0.3) is 0 Å². The molecular formula is C18H15BrN4O. The number of fused-ring (bicyclic) bond motifs is 1. The van der Waals surface area contributed by atoms with Gasteiger partial charge in [-0.1, -0.05) is 6.07 Å². The van der Waals surface area contributed by atoms with E-state index in [1.807, 2.05) is 35.4 Å². The summed E-state index contributed by atoms with van der Waals surface area (Å²) in [5, 5.41) is 0. The van der Waals surface area contributed by atoms with Crippen LogP contribution in [0.15, 0.2) is 47.5 Å². The van der Waals surface area contributed by atoms with Crippen LogP contribution in [0.25, 0.3) is 11.0 Å². The van der Waals surface area contributed by atoms with Crippen molar-refractivity contribution in [2.24, 2.45) is 11.8 Å². The van der Waals surface area contributed by atoms with Crippen LogP contribution >= 0.6 is 15.9 Å². The molecule has 1 aliphatic heterocycles. The molecule has 6 heteroatoms. The molecule has 1 amide bonds. The highest BCUT2D eigenvalue weighted by atomic mass is 79.9. The average Bonchev–Trinajstić information content (AvgIpc) is 3.29. The van der Waals surface area contributed by atoms with Gasteiger partial charge in [0.1, 0.15) is 4.60 Å². The second kappa shape index (κ2) is 5.14. The van der Waals surface area contributed by atoms with Crippen LogP contribution in [-0.2, 0) is 4.79 Å². The first kappa shape index (κ1) is 14.2. The van der Waals surface area contributed by atoms with E-state index in [4.69, 9.17) is 0 Å². The van der Waals surface area contributed by atoms with Gasteiger partial charge in [0.15, 0.2) is 0 Å². The number of imidazole rings is 1. The summed E-state index contributed by atoms with van der Waals surface area (Å²) in [6.07, 6.45) is 5.86. The number of hydrogen-bond donors (Lipinski definition) is 1. The highest BCUT2D eigenvalue weighted by Crippen LogP contribution is 2.53. The van der Waals surface area contributed by atoms with Crippen molar-refractivity contribution in [3.05, 3.63) is 53.0 Å². The smallest absolute Gasteiger partial charge is 0.233 e. The number of carbonyl (C=O) groups excluding carboxylic acids is 1. The Hall–Kier alpha value is -2.21. The van der Waals surface area contributed by atoms with Crippen LogP contribution in [-0.4, -0.2) is 20.9 Å². The Labute approximate surface area is 147 Å². The standard InChI is InChI=1S/C18H15BrN4O/c19-15-6-3-11(8-20-15)17-16(10-1-2-10)18(24)23(17)12-4-5-13-14(7-12)22-9-21-13/h3-10,16-17H,1-2H2,(H,21,22)/t16?,17-/m0/s1. The number of nitrogens with zero attached hydrogens (tertiary/aromatic N) is 3. The zero-order valence-corrected chi connectivity index (χ0v) is 14.4. The van der Waals surface area contributed by atoms with E-state index in [2.05, 4.69) is 36.9 Å². The fourth-order valence-electron chi connectivity index (χ4n) is 3.71. The summed E-state index contributed by atoms with van der Waals surface area (Å²) in [7, 11) is 0. The van der Waals surface area contributed by atoms with Gasteiger partial charge in [-0.05, 0) is 64.5 Å². The Balaban J connectivity index is 1.57. The molecule has 2 fully saturated rings. The van der Waals surface area contributed by atoms with Crippen LogP contribution in [0.2, 0.25) is 0 Å². The van der Waals surface area contributed by atoms with E-state index in [-0.39, 0.29) is 17.9 Å². The Morgan fingerprint density at radius 3 is 2.79 bits per heavy atom. The predicted molar refractivity (Wildman–Crippen MR) is 94.5 cm³/mol. The fraction of sp³-hybridized carbons (Fsp3) is 0.278. The zero-order valence-electron chi connectivity index (χ0n) is 12.8. The minimum Gasteiger partial charge on any atom is -0.345 e. The summed E-state index contributed by atoms with van der Waals surface area (Å²) in [5.74, 6) is 0.841. The largest absolute Gasteiger partial charge is 0.345 e. The van der Waals surface area contributed by atoms with Crippen LogP contribution in [0.1, 0.15) is 24.4 Å². The molecule has 3 heterocycles. The number of pyridine rings is 1. The Morgan fingerprint density at radius 2 is 2.04 bits per heavy atom. The zero-order chi connectivity index (χ0) is 16.3. The normalized spacial score (nSPS) is 23.5. The maximum Gasteiger partial charge on any atom is 0.233 e. The Kier molecular flexibility index (Phi) is 3.03. The lowest BCUT2D eigenvalue weighted by Gasteiger charge is -2.47. The number of nitrogens with one attached hydrogen (secondary N) is 1. The molecule has 2 atom stereocenters. The molecule has 0 spiro atoms. The number of anilines is 1. The molecule has 1 aliphatic carbocycles. The molecule has 0 bridgehead atoms. The predicted octanol–water partition coefficient (Wildman–Crippen LogP) is 3.83. The summed E-state index contributed by atoms with van der Waals surface area (Å²) in [5.41, 5.74) is 3.87. The molecule has 1 saturated heterocycles. The highest BCUT2D eigenvalue weighted by Gasteiger charge is 2.55. The molecular weight excluding hydrogens is 368 g/mol. The molecule has 2 aliphatic rings. The van der Waals surface area contributed by atoms with Crippen molar-refractivity contribution in [1.82, 2.24) is 15.0 Å². The van der Waals surface area contributed by atoms with Crippen LogP contribution in [0.3, 0.4) is 0 Å². The van der Waals surface area contributed by atoms with E-state index in [1.54, 1.807) is 6.33 Å². The van der Waals surface area contributed by atoms with E-state index < -0.39 is 0 Å². The number of aromatic amines is 1. The van der Waals surface area contributed by atoms with Gasteiger partial charge >= 0.3 is 0 Å². The van der Waals surface area contributed by atoms with Gasteiger partial charge < -0.3 is 9.88 Å². The van der Waals surface area contributed by atoms with Crippen LogP contribution in [0.4, 0.5) is 5.69 Å².